The Bertz CT molecular complexity index is 577. The number of rotatable bonds is 3. The van der Waals surface area contributed by atoms with Gasteiger partial charge in [0, 0.05) is 38.3 Å². The number of nitrogens with one attached hydrogen (secondary N) is 1. The molecule has 6 heteroatoms. The van der Waals surface area contributed by atoms with E-state index in [9.17, 15) is 9.59 Å². The summed E-state index contributed by atoms with van der Waals surface area (Å²) in [5.74, 6) is 0.438. The van der Waals surface area contributed by atoms with E-state index in [4.69, 9.17) is 0 Å². The van der Waals surface area contributed by atoms with E-state index in [2.05, 4.69) is 12.2 Å². The second-order valence-corrected chi connectivity index (χ2v) is 6.71. The Labute approximate surface area is 156 Å². The van der Waals surface area contributed by atoms with Gasteiger partial charge >= 0.3 is 0 Å². The standard InChI is InChI=1S/C19H27N3O2.ClH/c1-2-15-5-7-16(8-6-15)18(23)21-10-12-22(13-11-21)19(24)17-4-3-9-20-14-17;/h5-8,17,20H,2-4,9-14H2,1H3;1H. The third kappa shape index (κ3) is 4.73. The minimum absolute atomic E-state index is 0. The zero-order valence-electron chi connectivity index (χ0n) is 14.9. The highest BCUT2D eigenvalue weighted by molar-refractivity contribution is 5.94. The fraction of sp³-hybridized carbons (Fsp3) is 0.579. The number of amides is 2. The molecule has 0 aromatic heterocycles. The van der Waals surface area contributed by atoms with Crippen molar-refractivity contribution in [3.05, 3.63) is 35.4 Å². The van der Waals surface area contributed by atoms with E-state index < -0.39 is 0 Å². The number of aryl methyl sites for hydroxylation is 1. The third-order valence-electron chi connectivity index (χ3n) is 5.13. The summed E-state index contributed by atoms with van der Waals surface area (Å²) in [5.41, 5.74) is 1.98. The van der Waals surface area contributed by atoms with E-state index in [0.717, 1.165) is 37.9 Å². The third-order valence-corrected chi connectivity index (χ3v) is 5.13. The second kappa shape index (κ2) is 9.20. The number of hydrogen-bond acceptors (Lipinski definition) is 3. The summed E-state index contributed by atoms with van der Waals surface area (Å²) in [4.78, 5) is 28.9. The number of benzene rings is 1. The van der Waals surface area contributed by atoms with Crippen LogP contribution < -0.4 is 5.32 Å². The van der Waals surface area contributed by atoms with Gasteiger partial charge in [-0.05, 0) is 43.5 Å². The number of piperazine rings is 1. The van der Waals surface area contributed by atoms with Gasteiger partial charge in [-0.15, -0.1) is 12.4 Å². The highest BCUT2D eigenvalue weighted by Crippen LogP contribution is 2.16. The van der Waals surface area contributed by atoms with Crippen LogP contribution in [0.5, 0.6) is 0 Å². The van der Waals surface area contributed by atoms with Crippen molar-refractivity contribution < 1.29 is 9.59 Å². The van der Waals surface area contributed by atoms with Gasteiger partial charge in [-0.1, -0.05) is 19.1 Å². The van der Waals surface area contributed by atoms with Gasteiger partial charge in [0.2, 0.25) is 5.91 Å². The summed E-state index contributed by atoms with van der Waals surface area (Å²) in [6.45, 7) is 6.46. The summed E-state index contributed by atoms with van der Waals surface area (Å²) in [6.07, 6.45) is 3.03. The Balaban J connectivity index is 0.00000225. The number of nitrogens with zero attached hydrogens (tertiary/aromatic N) is 2. The summed E-state index contributed by atoms with van der Waals surface area (Å²) in [6, 6.07) is 7.85. The average molecular weight is 366 g/mol. The maximum Gasteiger partial charge on any atom is 0.253 e. The minimum atomic E-state index is 0. The van der Waals surface area contributed by atoms with Gasteiger partial charge in [-0.3, -0.25) is 9.59 Å². The normalized spacial score (nSPS) is 20.8. The second-order valence-electron chi connectivity index (χ2n) is 6.71. The molecule has 0 radical (unpaired) electrons. The van der Waals surface area contributed by atoms with Crippen LogP contribution in [0.4, 0.5) is 0 Å². The van der Waals surface area contributed by atoms with Gasteiger partial charge in [0.1, 0.15) is 0 Å². The van der Waals surface area contributed by atoms with Gasteiger partial charge in [0.05, 0.1) is 5.92 Å². The molecule has 2 amide bonds. The van der Waals surface area contributed by atoms with E-state index in [1.54, 1.807) is 0 Å². The van der Waals surface area contributed by atoms with Gasteiger partial charge < -0.3 is 15.1 Å². The molecule has 2 aliphatic heterocycles. The lowest BCUT2D eigenvalue weighted by Gasteiger charge is -2.37. The molecular formula is C19H28ClN3O2. The fourth-order valence-electron chi connectivity index (χ4n) is 3.52. The monoisotopic (exact) mass is 365 g/mol. The molecule has 1 aromatic carbocycles. The smallest absolute Gasteiger partial charge is 0.253 e. The van der Waals surface area contributed by atoms with Crippen LogP contribution in [0.2, 0.25) is 0 Å². The summed E-state index contributed by atoms with van der Waals surface area (Å²) >= 11 is 0. The number of halogens is 1. The van der Waals surface area contributed by atoms with Gasteiger partial charge in [0.25, 0.3) is 5.91 Å². The molecule has 1 N–H and O–H groups in total. The molecule has 5 nitrogen and oxygen atoms in total. The van der Waals surface area contributed by atoms with Crippen molar-refractivity contribution in [1.29, 1.82) is 0 Å². The van der Waals surface area contributed by atoms with E-state index in [0.29, 0.717) is 26.2 Å². The van der Waals surface area contributed by atoms with Gasteiger partial charge in [0.15, 0.2) is 0 Å². The highest BCUT2D eigenvalue weighted by Gasteiger charge is 2.29. The molecule has 2 heterocycles. The lowest BCUT2D eigenvalue weighted by molar-refractivity contribution is -0.137. The predicted octanol–water partition coefficient (Wildman–Crippen LogP) is 1.95. The van der Waals surface area contributed by atoms with Crippen LogP contribution in [0, 0.1) is 5.92 Å². The molecule has 25 heavy (non-hydrogen) atoms. The van der Waals surface area contributed by atoms with Crippen molar-refractivity contribution in [3.8, 4) is 0 Å². The first-order valence-corrected chi connectivity index (χ1v) is 9.06. The molecule has 1 aromatic rings. The van der Waals surface area contributed by atoms with Crippen LogP contribution in [0.1, 0.15) is 35.7 Å². The quantitative estimate of drug-likeness (QED) is 0.890. The van der Waals surface area contributed by atoms with E-state index in [1.807, 2.05) is 34.1 Å². The molecule has 0 aliphatic carbocycles. The van der Waals surface area contributed by atoms with Gasteiger partial charge in [-0.2, -0.15) is 0 Å². The first kappa shape index (κ1) is 19.7. The first-order valence-electron chi connectivity index (χ1n) is 9.06. The van der Waals surface area contributed by atoms with Crippen LogP contribution in [-0.4, -0.2) is 60.9 Å². The largest absolute Gasteiger partial charge is 0.339 e. The molecule has 1 unspecified atom stereocenters. The van der Waals surface area contributed by atoms with Gasteiger partial charge in [-0.25, -0.2) is 0 Å². The maximum atomic E-state index is 12.6. The zero-order valence-corrected chi connectivity index (χ0v) is 15.7. The maximum absolute atomic E-state index is 12.6. The molecule has 138 valence electrons. The average Bonchev–Trinajstić information content (AvgIpc) is 2.68. The Hall–Kier alpha value is -1.59. The van der Waals surface area contributed by atoms with Crippen molar-refractivity contribution >= 4 is 24.2 Å². The summed E-state index contributed by atoms with van der Waals surface area (Å²) in [7, 11) is 0. The Morgan fingerprint density at radius 2 is 1.72 bits per heavy atom. The van der Waals surface area contributed by atoms with Crippen molar-refractivity contribution in [1.82, 2.24) is 15.1 Å². The topological polar surface area (TPSA) is 52.7 Å². The lowest BCUT2D eigenvalue weighted by Crippen LogP contribution is -2.53. The van der Waals surface area contributed by atoms with Crippen molar-refractivity contribution in [3.63, 3.8) is 0 Å². The summed E-state index contributed by atoms with van der Waals surface area (Å²) < 4.78 is 0. The SMILES string of the molecule is CCc1ccc(C(=O)N2CCN(C(=O)C3CCCNC3)CC2)cc1.Cl. The molecule has 0 saturated carbocycles. The molecule has 3 rings (SSSR count). The minimum Gasteiger partial charge on any atom is -0.339 e. The number of carbonyl (C=O) groups excluding carboxylic acids is 2. The zero-order chi connectivity index (χ0) is 16.9. The lowest BCUT2D eigenvalue weighted by atomic mass is 9.98. The highest BCUT2D eigenvalue weighted by atomic mass is 35.5. The van der Waals surface area contributed by atoms with Crippen molar-refractivity contribution in [2.75, 3.05) is 39.3 Å². The number of piperidine rings is 1. The molecule has 0 bridgehead atoms. The van der Waals surface area contributed by atoms with Crippen LogP contribution in [0.25, 0.3) is 0 Å². The number of hydrogen-bond donors (Lipinski definition) is 1. The fourth-order valence-corrected chi connectivity index (χ4v) is 3.52. The van der Waals surface area contributed by atoms with Crippen LogP contribution in [-0.2, 0) is 11.2 Å². The molecule has 2 fully saturated rings. The predicted molar refractivity (Wildman–Crippen MR) is 101 cm³/mol. The molecule has 0 spiro atoms. The van der Waals surface area contributed by atoms with Crippen LogP contribution in [0.3, 0.4) is 0 Å². The van der Waals surface area contributed by atoms with E-state index >= 15 is 0 Å². The van der Waals surface area contributed by atoms with E-state index in [1.165, 1.54) is 5.56 Å². The van der Waals surface area contributed by atoms with Crippen molar-refractivity contribution in [2.24, 2.45) is 5.92 Å². The van der Waals surface area contributed by atoms with Crippen LogP contribution >= 0.6 is 12.4 Å². The van der Waals surface area contributed by atoms with Crippen molar-refractivity contribution in [2.45, 2.75) is 26.2 Å². The Kier molecular flexibility index (Phi) is 7.26. The molecule has 2 saturated heterocycles. The Morgan fingerprint density at radius 1 is 1.08 bits per heavy atom. The van der Waals surface area contributed by atoms with Crippen LogP contribution in [0.15, 0.2) is 24.3 Å². The number of carbonyl (C=O) groups is 2. The summed E-state index contributed by atoms with van der Waals surface area (Å²) in [5, 5.41) is 3.30. The van der Waals surface area contributed by atoms with E-state index in [-0.39, 0.29) is 30.1 Å². The molecule has 1 atom stereocenters. The first-order chi connectivity index (χ1) is 11.7. The molecular weight excluding hydrogens is 338 g/mol. The molecule has 2 aliphatic rings. The Morgan fingerprint density at radius 3 is 2.28 bits per heavy atom.